The maximum absolute atomic E-state index is 13.3. The van der Waals surface area contributed by atoms with Crippen molar-refractivity contribution in [2.75, 3.05) is 25.5 Å². The largest absolute Gasteiger partial charge is 0.490 e. The second kappa shape index (κ2) is 9.81. The van der Waals surface area contributed by atoms with Gasteiger partial charge in [-0.3, -0.25) is 14.3 Å². The molecular weight excluding hydrogens is 484 g/mol. The first-order valence-corrected chi connectivity index (χ1v) is 12.6. The summed E-state index contributed by atoms with van der Waals surface area (Å²) in [6.45, 7) is 0.178. The van der Waals surface area contributed by atoms with Crippen molar-refractivity contribution in [3.63, 3.8) is 0 Å². The second-order valence-electron chi connectivity index (χ2n) is 8.20. The number of carbonyl (C=O) groups is 2. The first kappa shape index (κ1) is 24.3. The number of hydrogen-bond donors (Lipinski definition) is 1. The van der Waals surface area contributed by atoms with E-state index in [4.69, 9.17) is 25.8 Å². The number of hydrogen-bond acceptors (Lipinski definition) is 7. The predicted molar refractivity (Wildman–Crippen MR) is 125 cm³/mol. The summed E-state index contributed by atoms with van der Waals surface area (Å²) in [5.41, 5.74) is 0.441. The molecule has 0 aliphatic carbocycles. The summed E-state index contributed by atoms with van der Waals surface area (Å²) in [7, 11) is -0.948. The number of likely N-dealkylation sites (N-methyl/N-ethyl adjacent to an activating group) is 1. The van der Waals surface area contributed by atoms with E-state index in [1.807, 2.05) is 0 Å². The van der Waals surface area contributed by atoms with Crippen LogP contribution in [0.1, 0.15) is 29.6 Å². The number of benzene rings is 2. The molecule has 34 heavy (non-hydrogen) atoms. The Hall–Kier alpha value is -2.82. The average molecular weight is 509 g/mol. The zero-order chi connectivity index (χ0) is 24.5. The molecule has 182 valence electrons. The fraction of sp³-hybridized carbons (Fsp3) is 0.391. The summed E-state index contributed by atoms with van der Waals surface area (Å²) < 4.78 is 44.8. The van der Waals surface area contributed by atoms with Crippen LogP contribution in [0.15, 0.2) is 47.4 Å². The highest BCUT2D eigenvalue weighted by Gasteiger charge is 2.39. The van der Waals surface area contributed by atoms with Crippen LogP contribution >= 0.6 is 11.6 Å². The van der Waals surface area contributed by atoms with Crippen molar-refractivity contribution in [1.82, 2.24) is 4.90 Å². The summed E-state index contributed by atoms with van der Waals surface area (Å²) in [6, 6.07) is 10.4. The Kier molecular flexibility index (Phi) is 7.01. The molecule has 1 fully saturated rings. The smallest absolute Gasteiger partial charge is 0.308 e. The molecule has 9 nitrogen and oxygen atoms in total. The first-order valence-electron chi connectivity index (χ1n) is 10.7. The van der Waals surface area contributed by atoms with Gasteiger partial charge in [-0.2, -0.15) is 0 Å². The van der Waals surface area contributed by atoms with Gasteiger partial charge in [-0.25, -0.2) is 8.42 Å². The van der Waals surface area contributed by atoms with Gasteiger partial charge in [0.1, 0.15) is 23.4 Å². The molecule has 0 bridgehead atoms. The lowest BCUT2D eigenvalue weighted by molar-refractivity contribution is -0.151. The third-order valence-electron chi connectivity index (χ3n) is 6.01. The molecule has 3 atom stereocenters. The molecular formula is C23H25ClN2O7S. The van der Waals surface area contributed by atoms with Crippen molar-refractivity contribution >= 4 is 39.2 Å². The maximum Gasteiger partial charge on any atom is 0.308 e. The number of sulfonamides is 1. The first-order chi connectivity index (χ1) is 16.2. The van der Waals surface area contributed by atoms with Crippen molar-refractivity contribution < 1.29 is 32.2 Å². The Morgan fingerprint density at radius 1 is 1.24 bits per heavy atom. The molecule has 0 radical (unpaired) electrons. The number of carbonyl (C=O) groups excluding carboxylic acids is 2. The summed E-state index contributed by atoms with van der Waals surface area (Å²) in [6.07, 6.45) is 0.651. The number of nitrogens with zero attached hydrogens (tertiary/aromatic N) is 1. The molecule has 2 aromatic rings. The van der Waals surface area contributed by atoms with E-state index in [9.17, 15) is 18.0 Å². The number of nitrogens with one attached hydrogen (secondary N) is 1. The Balaban J connectivity index is 1.56. The Bertz CT molecular complexity index is 1200. The highest BCUT2D eigenvalue weighted by Crippen LogP contribution is 2.33. The molecule has 1 amide bonds. The quantitative estimate of drug-likeness (QED) is 0.618. The molecule has 0 unspecified atom stereocenters. The predicted octanol–water partition coefficient (Wildman–Crippen LogP) is 3.08. The van der Waals surface area contributed by atoms with Crippen molar-refractivity contribution in [3.05, 3.63) is 53.1 Å². The normalized spacial score (nSPS) is 22.5. The Labute approximate surface area is 203 Å². The molecule has 0 aromatic heterocycles. The molecule has 11 heteroatoms. The maximum atomic E-state index is 13.3. The van der Waals surface area contributed by atoms with Crippen molar-refractivity contribution in [1.29, 1.82) is 0 Å². The minimum Gasteiger partial charge on any atom is -0.490 e. The van der Waals surface area contributed by atoms with Gasteiger partial charge in [0.2, 0.25) is 0 Å². The Morgan fingerprint density at radius 2 is 2.00 bits per heavy atom. The van der Waals surface area contributed by atoms with Gasteiger partial charge in [0, 0.05) is 12.7 Å². The minimum absolute atomic E-state index is 0.0631. The van der Waals surface area contributed by atoms with Crippen LogP contribution in [0.2, 0.25) is 5.02 Å². The summed E-state index contributed by atoms with van der Waals surface area (Å²) >= 11 is 6.05. The molecule has 4 rings (SSSR count). The molecule has 2 aliphatic heterocycles. The van der Waals surface area contributed by atoms with Gasteiger partial charge in [0.05, 0.1) is 36.3 Å². The number of anilines is 1. The minimum atomic E-state index is -3.96. The van der Waals surface area contributed by atoms with Crippen LogP contribution < -0.4 is 9.46 Å². The molecule has 2 aliphatic rings. The molecule has 0 spiro atoms. The highest BCUT2D eigenvalue weighted by molar-refractivity contribution is 7.92. The highest BCUT2D eigenvalue weighted by atomic mass is 35.5. The lowest BCUT2D eigenvalue weighted by Crippen LogP contribution is -2.53. The topological polar surface area (TPSA) is 111 Å². The van der Waals surface area contributed by atoms with Crippen molar-refractivity contribution in [2.45, 2.75) is 42.4 Å². The van der Waals surface area contributed by atoms with E-state index in [2.05, 4.69) is 4.72 Å². The lowest BCUT2D eigenvalue weighted by atomic mass is 9.94. The number of esters is 1. The molecule has 2 aromatic carbocycles. The van der Waals surface area contributed by atoms with Crippen LogP contribution in [0.4, 0.5) is 5.69 Å². The third kappa shape index (κ3) is 4.98. The van der Waals surface area contributed by atoms with Gasteiger partial charge in [0.25, 0.3) is 15.9 Å². The van der Waals surface area contributed by atoms with E-state index in [0.717, 1.165) is 0 Å². The van der Waals surface area contributed by atoms with E-state index in [0.29, 0.717) is 18.6 Å². The van der Waals surface area contributed by atoms with E-state index in [-0.39, 0.29) is 58.2 Å². The van der Waals surface area contributed by atoms with E-state index in [1.54, 1.807) is 30.1 Å². The zero-order valence-electron chi connectivity index (χ0n) is 18.7. The van der Waals surface area contributed by atoms with Gasteiger partial charge < -0.3 is 19.1 Å². The molecule has 2 heterocycles. The number of methoxy groups -OCH3 is 1. The van der Waals surface area contributed by atoms with Gasteiger partial charge >= 0.3 is 5.97 Å². The van der Waals surface area contributed by atoms with E-state index < -0.39 is 16.1 Å². The Morgan fingerprint density at radius 3 is 2.74 bits per heavy atom. The monoisotopic (exact) mass is 508 g/mol. The number of halogens is 1. The number of rotatable bonds is 5. The summed E-state index contributed by atoms with van der Waals surface area (Å²) in [5.74, 6) is -0.357. The summed E-state index contributed by atoms with van der Waals surface area (Å²) in [5, 5.41) is 0.0919. The van der Waals surface area contributed by atoms with E-state index in [1.165, 1.54) is 31.4 Å². The standard InChI is InChI=1S/C23H25ClN2O7S/c1-26-18-9-8-15(12-22(27)31-2)33-20(18)13-32-19-10-7-14(11-16(19)23(26)28)25-34(29,30)21-6-4-3-5-17(21)24/h3-7,10-11,15,18,20,25H,8-9,12-13H2,1-2H3/t15-,18-,20-/m1/s1. The van der Waals surface area contributed by atoms with Crippen LogP contribution in [0.25, 0.3) is 0 Å². The van der Waals surface area contributed by atoms with Crippen LogP contribution in [0, 0.1) is 0 Å². The zero-order valence-corrected chi connectivity index (χ0v) is 20.3. The van der Waals surface area contributed by atoms with Crippen LogP contribution in [0.5, 0.6) is 5.75 Å². The molecule has 1 saturated heterocycles. The fourth-order valence-electron chi connectivity index (χ4n) is 4.23. The van der Waals surface area contributed by atoms with Crippen LogP contribution in [-0.2, 0) is 24.3 Å². The third-order valence-corrected chi connectivity index (χ3v) is 7.89. The lowest BCUT2D eigenvalue weighted by Gasteiger charge is -2.42. The molecule has 1 N–H and O–H groups in total. The second-order valence-corrected chi connectivity index (χ2v) is 10.3. The fourth-order valence-corrected chi connectivity index (χ4v) is 5.80. The average Bonchev–Trinajstić information content (AvgIpc) is 2.81. The number of amides is 1. The van der Waals surface area contributed by atoms with Gasteiger partial charge in [-0.15, -0.1) is 0 Å². The van der Waals surface area contributed by atoms with Crippen molar-refractivity contribution in [2.24, 2.45) is 0 Å². The van der Waals surface area contributed by atoms with Gasteiger partial charge in [-0.1, -0.05) is 23.7 Å². The SMILES string of the molecule is COC(=O)C[C@H]1CC[C@@H]2[C@@H](COc3ccc(NS(=O)(=O)c4ccccc4Cl)cc3C(=O)N2C)O1. The van der Waals surface area contributed by atoms with Gasteiger partial charge in [-0.05, 0) is 43.2 Å². The van der Waals surface area contributed by atoms with Crippen LogP contribution in [-0.4, -0.2) is 64.2 Å². The van der Waals surface area contributed by atoms with Crippen molar-refractivity contribution in [3.8, 4) is 5.75 Å². The molecule has 0 saturated carbocycles. The number of fused-ring (bicyclic) bond motifs is 2. The van der Waals surface area contributed by atoms with E-state index >= 15 is 0 Å². The number of ether oxygens (including phenoxy) is 3. The van der Waals surface area contributed by atoms with Crippen LogP contribution in [0.3, 0.4) is 0 Å². The van der Waals surface area contributed by atoms with Gasteiger partial charge in [0.15, 0.2) is 0 Å². The summed E-state index contributed by atoms with van der Waals surface area (Å²) in [4.78, 5) is 26.5.